The van der Waals surface area contributed by atoms with Crippen molar-refractivity contribution in [3.8, 4) is 11.8 Å². The molecule has 170 valence electrons. The fourth-order valence-electron chi connectivity index (χ4n) is 3.11. The molecule has 2 aromatic carbocycles. The summed E-state index contributed by atoms with van der Waals surface area (Å²) in [5.41, 5.74) is 0.529. The van der Waals surface area contributed by atoms with E-state index in [1.54, 1.807) is 30.3 Å². The van der Waals surface area contributed by atoms with Crippen molar-refractivity contribution in [2.24, 2.45) is 5.92 Å². The Kier molecular flexibility index (Phi) is 7.85. The zero-order valence-corrected chi connectivity index (χ0v) is 18.9. The zero-order chi connectivity index (χ0) is 24.0. The number of hydrogen-bond acceptors (Lipinski definition) is 6. The molecule has 9 heteroatoms. The fraction of sp³-hybridized carbons (Fsp3) is 0.250. The molecule has 1 atom stereocenters. The van der Waals surface area contributed by atoms with Crippen LogP contribution in [-0.2, 0) is 9.59 Å². The van der Waals surface area contributed by atoms with Crippen LogP contribution in [0.5, 0.6) is 5.75 Å². The lowest BCUT2D eigenvalue weighted by molar-refractivity contribution is -0.130. The highest BCUT2D eigenvalue weighted by Gasteiger charge is 2.35. The van der Waals surface area contributed by atoms with E-state index in [-0.39, 0.29) is 29.5 Å². The Bertz CT molecular complexity index is 1140. The molecule has 0 spiro atoms. The minimum Gasteiger partial charge on any atom is -0.479 e. The number of benzene rings is 2. The summed E-state index contributed by atoms with van der Waals surface area (Å²) in [6.45, 7) is 3.60. The summed E-state index contributed by atoms with van der Waals surface area (Å²) >= 11 is 0.725. The van der Waals surface area contributed by atoms with Gasteiger partial charge in [0.2, 0.25) is 0 Å². The molecule has 2 aromatic rings. The Morgan fingerprint density at radius 1 is 1.21 bits per heavy atom. The first-order valence-electron chi connectivity index (χ1n) is 10.2. The van der Waals surface area contributed by atoms with Crippen molar-refractivity contribution in [1.82, 2.24) is 10.2 Å². The lowest BCUT2D eigenvalue weighted by Crippen LogP contribution is -2.45. The van der Waals surface area contributed by atoms with Gasteiger partial charge in [-0.05, 0) is 42.0 Å². The van der Waals surface area contributed by atoms with E-state index < -0.39 is 29.0 Å². The Morgan fingerprint density at radius 2 is 1.91 bits per heavy atom. The largest absolute Gasteiger partial charge is 0.479 e. The van der Waals surface area contributed by atoms with Crippen molar-refractivity contribution in [1.29, 1.82) is 5.26 Å². The van der Waals surface area contributed by atoms with Gasteiger partial charge in [-0.2, -0.15) is 5.26 Å². The second-order valence-electron chi connectivity index (χ2n) is 7.54. The molecule has 3 rings (SSSR count). The first-order valence-corrected chi connectivity index (χ1v) is 11.1. The number of carbonyl (C=O) groups excluding carboxylic acids is 3. The number of halogens is 1. The lowest BCUT2D eigenvalue weighted by atomic mass is 10.1. The highest BCUT2D eigenvalue weighted by atomic mass is 32.2. The SMILES string of the molecule is CC(C)C(Oc1ccccc1C#N)C(=O)NCCN1C(=O)S/C(=C\c2ccccc2F)C1=O. The van der Waals surface area contributed by atoms with Gasteiger partial charge in [0.15, 0.2) is 6.10 Å². The van der Waals surface area contributed by atoms with Crippen molar-refractivity contribution in [2.45, 2.75) is 20.0 Å². The predicted octanol–water partition coefficient (Wildman–Crippen LogP) is 3.95. The number of imide groups is 1. The van der Waals surface area contributed by atoms with Crippen molar-refractivity contribution in [3.63, 3.8) is 0 Å². The molecule has 1 heterocycles. The summed E-state index contributed by atoms with van der Waals surface area (Å²) in [4.78, 5) is 38.7. The molecule has 1 saturated heterocycles. The maximum Gasteiger partial charge on any atom is 0.293 e. The molecule has 0 bridgehead atoms. The molecular weight excluding hydrogens is 445 g/mol. The van der Waals surface area contributed by atoms with Gasteiger partial charge in [-0.15, -0.1) is 0 Å². The third-order valence-electron chi connectivity index (χ3n) is 4.83. The van der Waals surface area contributed by atoms with Gasteiger partial charge in [0, 0.05) is 18.7 Å². The van der Waals surface area contributed by atoms with E-state index in [9.17, 15) is 24.0 Å². The van der Waals surface area contributed by atoms with E-state index in [4.69, 9.17) is 4.74 Å². The maximum absolute atomic E-state index is 13.9. The van der Waals surface area contributed by atoms with E-state index >= 15 is 0 Å². The normalized spacial score (nSPS) is 15.6. The van der Waals surface area contributed by atoms with Crippen molar-refractivity contribution in [3.05, 3.63) is 70.4 Å². The van der Waals surface area contributed by atoms with Crippen LogP contribution in [0.3, 0.4) is 0 Å². The van der Waals surface area contributed by atoms with Crippen LogP contribution in [0.25, 0.3) is 6.08 Å². The monoisotopic (exact) mass is 467 g/mol. The molecule has 1 aliphatic rings. The Balaban J connectivity index is 1.61. The molecule has 0 aliphatic carbocycles. The number of nitriles is 1. The molecule has 1 aliphatic heterocycles. The number of nitrogens with zero attached hydrogens (tertiary/aromatic N) is 2. The second-order valence-corrected chi connectivity index (χ2v) is 8.53. The van der Waals surface area contributed by atoms with Crippen LogP contribution in [0.15, 0.2) is 53.4 Å². The van der Waals surface area contributed by atoms with E-state index in [0.717, 1.165) is 16.7 Å². The lowest BCUT2D eigenvalue weighted by Gasteiger charge is -2.23. The number of carbonyl (C=O) groups is 3. The first kappa shape index (κ1) is 24.0. The second kappa shape index (κ2) is 10.8. The summed E-state index contributed by atoms with van der Waals surface area (Å²) in [6, 6.07) is 14.6. The molecule has 0 saturated carbocycles. The summed E-state index contributed by atoms with van der Waals surface area (Å²) in [5, 5.41) is 11.4. The maximum atomic E-state index is 13.9. The minimum atomic E-state index is -0.865. The van der Waals surface area contributed by atoms with Gasteiger partial charge in [0.1, 0.15) is 17.6 Å². The highest BCUT2D eigenvalue weighted by molar-refractivity contribution is 8.18. The highest BCUT2D eigenvalue weighted by Crippen LogP contribution is 2.32. The van der Waals surface area contributed by atoms with Gasteiger partial charge < -0.3 is 10.1 Å². The summed E-state index contributed by atoms with van der Waals surface area (Å²) in [5.74, 6) is -1.35. The van der Waals surface area contributed by atoms with E-state index in [0.29, 0.717) is 11.3 Å². The molecule has 7 nitrogen and oxygen atoms in total. The molecule has 1 unspecified atom stereocenters. The van der Waals surface area contributed by atoms with Crippen LogP contribution >= 0.6 is 11.8 Å². The molecule has 0 radical (unpaired) electrons. The molecule has 33 heavy (non-hydrogen) atoms. The number of para-hydroxylation sites is 1. The van der Waals surface area contributed by atoms with Gasteiger partial charge in [0.25, 0.3) is 17.1 Å². The zero-order valence-electron chi connectivity index (χ0n) is 18.1. The summed E-state index contributed by atoms with van der Waals surface area (Å²) in [7, 11) is 0. The van der Waals surface area contributed by atoms with E-state index in [1.807, 2.05) is 19.9 Å². The van der Waals surface area contributed by atoms with Crippen LogP contribution in [0.1, 0.15) is 25.0 Å². The Morgan fingerprint density at radius 3 is 2.61 bits per heavy atom. The Hall–Kier alpha value is -3.64. The van der Waals surface area contributed by atoms with Crippen molar-refractivity contribution in [2.75, 3.05) is 13.1 Å². The number of thioether (sulfide) groups is 1. The molecule has 1 fully saturated rings. The average molecular weight is 468 g/mol. The van der Waals surface area contributed by atoms with E-state index in [2.05, 4.69) is 5.32 Å². The number of rotatable bonds is 8. The van der Waals surface area contributed by atoms with E-state index in [1.165, 1.54) is 24.3 Å². The van der Waals surface area contributed by atoms with Gasteiger partial charge in [0.05, 0.1) is 10.5 Å². The van der Waals surface area contributed by atoms with Crippen molar-refractivity contribution >= 4 is 34.9 Å². The smallest absolute Gasteiger partial charge is 0.293 e. The number of hydrogen-bond donors (Lipinski definition) is 1. The molecule has 3 amide bonds. The number of ether oxygens (including phenoxy) is 1. The number of amides is 3. The topological polar surface area (TPSA) is 99.5 Å². The molecular formula is C24H22FN3O4S. The average Bonchev–Trinajstić information content (AvgIpc) is 3.06. The van der Waals surface area contributed by atoms with Crippen LogP contribution in [0.2, 0.25) is 0 Å². The van der Waals surface area contributed by atoms with Crippen molar-refractivity contribution < 1.29 is 23.5 Å². The third-order valence-corrected chi connectivity index (χ3v) is 5.73. The van der Waals surface area contributed by atoms with Crippen LogP contribution in [0.4, 0.5) is 9.18 Å². The van der Waals surface area contributed by atoms with Gasteiger partial charge in [-0.25, -0.2) is 4.39 Å². The Labute approximate surface area is 195 Å². The van der Waals surface area contributed by atoms with Crippen LogP contribution < -0.4 is 10.1 Å². The quantitative estimate of drug-likeness (QED) is 0.590. The van der Waals surface area contributed by atoms with Crippen LogP contribution in [-0.4, -0.2) is 41.1 Å². The van der Waals surface area contributed by atoms with Gasteiger partial charge >= 0.3 is 0 Å². The first-order chi connectivity index (χ1) is 15.8. The molecule has 0 aromatic heterocycles. The third kappa shape index (κ3) is 5.79. The summed E-state index contributed by atoms with van der Waals surface area (Å²) < 4.78 is 19.6. The standard InChI is InChI=1S/C24H22FN3O4S/c1-15(2)21(32-19-10-6-4-8-17(19)14-26)22(29)27-11-12-28-23(30)20(33-24(28)31)13-16-7-3-5-9-18(16)25/h3-10,13,15,21H,11-12H2,1-2H3,(H,27,29)/b20-13-. The summed E-state index contributed by atoms with van der Waals surface area (Å²) in [6.07, 6.45) is 0.476. The van der Waals surface area contributed by atoms with Gasteiger partial charge in [-0.1, -0.05) is 44.2 Å². The van der Waals surface area contributed by atoms with Crippen LogP contribution in [0, 0.1) is 23.1 Å². The van der Waals surface area contributed by atoms with Gasteiger partial charge in [-0.3, -0.25) is 19.3 Å². The fourth-order valence-corrected chi connectivity index (χ4v) is 3.96. The minimum absolute atomic E-state index is 0.0241. The molecule has 1 N–H and O–H groups in total. The number of nitrogens with one attached hydrogen (secondary N) is 1. The predicted molar refractivity (Wildman–Crippen MR) is 122 cm³/mol.